The van der Waals surface area contributed by atoms with E-state index in [9.17, 15) is 19.7 Å². The molecule has 1 heterocycles. The Balaban J connectivity index is 2.26. The van der Waals surface area contributed by atoms with E-state index in [-0.39, 0.29) is 35.7 Å². The smallest absolute Gasteiger partial charge is 0.292 e. The molecule has 3 N–H and O–H groups in total. The zero-order chi connectivity index (χ0) is 15.4. The molecule has 0 radical (unpaired) electrons. The van der Waals surface area contributed by atoms with Crippen LogP contribution in [0, 0.1) is 10.1 Å². The molecule has 8 heteroatoms. The lowest BCUT2D eigenvalue weighted by atomic mass is 10.1. The summed E-state index contributed by atoms with van der Waals surface area (Å²) in [7, 11) is 0. The molecule has 1 fully saturated rings. The second-order valence-corrected chi connectivity index (χ2v) is 4.70. The van der Waals surface area contributed by atoms with Crippen LogP contribution >= 0.6 is 0 Å². The summed E-state index contributed by atoms with van der Waals surface area (Å²) >= 11 is 0. The highest BCUT2D eigenvalue weighted by molar-refractivity contribution is 5.96. The van der Waals surface area contributed by atoms with Crippen molar-refractivity contribution in [1.29, 1.82) is 0 Å². The van der Waals surface area contributed by atoms with Gasteiger partial charge < -0.3 is 16.0 Å². The molecule has 1 aromatic rings. The largest absolute Gasteiger partial charge is 0.374 e. The summed E-state index contributed by atoms with van der Waals surface area (Å²) < 4.78 is 0. The Kier molecular flexibility index (Phi) is 4.36. The predicted molar refractivity (Wildman–Crippen MR) is 76.1 cm³/mol. The molecule has 1 unspecified atom stereocenters. The maximum absolute atomic E-state index is 11.8. The number of nitrogens with zero attached hydrogens (tertiary/aromatic N) is 1. The Morgan fingerprint density at radius 3 is 2.86 bits per heavy atom. The molecule has 1 saturated heterocycles. The van der Waals surface area contributed by atoms with Crippen LogP contribution in [0.3, 0.4) is 0 Å². The maximum Gasteiger partial charge on any atom is 0.292 e. The van der Waals surface area contributed by atoms with E-state index >= 15 is 0 Å². The molecule has 1 aromatic carbocycles. The highest BCUT2D eigenvalue weighted by Crippen LogP contribution is 2.27. The Hall–Kier alpha value is -2.64. The molecule has 1 aliphatic rings. The minimum Gasteiger partial charge on any atom is -0.374 e. The lowest BCUT2D eigenvalue weighted by Gasteiger charge is -2.13. The summed E-state index contributed by atoms with van der Waals surface area (Å²) in [5.41, 5.74) is 0.454. The number of anilines is 1. The van der Waals surface area contributed by atoms with Crippen molar-refractivity contribution in [1.82, 2.24) is 10.6 Å². The van der Waals surface area contributed by atoms with Gasteiger partial charge in [-0.05, 0) is 19.1 Å². The summed E-state index contributed by atoms with van der Waals surface area (Å²) in [6, 6.07) is 3.91. The van der Waals surface area contributed by atoms with Crippen molar-refractivity contribution in [2.45, 2.75) is 19.4 Å². The van der Waals surface area contributed by atoms with E-state index in [1.165, 1.54) is 18.2 Å². The van der Waals surface area contributed by atoms with Gasteiger partial charge in [-0.25, -0.2) is 0 Å². The Morgan fingerprint density at radius 1 is 1.52 bits per heavy atom. The van der Waals surface area contributed by atoms with Crippen molar-refractivity contribution in [2.24, 2.45) is 0 Å². The van der Waals surface area contributed by atoms with Crippen molar-refractivity contribution in [3.63, 3.8) is 0 Å². The Bertz CT molecular complexity index is 588. The van der Waals surface area contributed by atoms with Crippen LogP contribution in [0.4, 0.5) is 11.4 Å². The minimum atomic E-state index is -0.520. The van der Waals surface area contributed by atoms with Gasteiger partial charge in [0.1, 0.15) is 5.69 Å². The molecule has 8 nitrogen and oxygen atoms in total. The van der Waals surface area contributed by atoms with Crippen molar-refractivity contribution >= 4 is 23.2 Å². The number of benzene rings is 1. The third-order valence-corrected chi connectivity index (χ3v) is 3.13. The van der Waals surface area contributed by atoms with Gasteiger partial charge in [0.05, 0.1) is 11.0 Å². The number of carbonyl (C=O) groups is 2. The third-order valence-electron chi connectivity index (χ3n) is 3.13. The number of nitro benzene ring substituents is 1. The fraction of sp³-hybridized carbons (Fsp3) is 0.385. The standard InChI is InChI=1S/C13H16N4O4/c1-2-14-13(19)8-3-4-11(17(20)21)10(5-8)16-9-6-12(18)15-7-9/h3-5,9,16H,2,6-7H2,1H3,(H,14,19)(H,15,18). The molecule has 0 saturated carbocycles. The van der Waals surface area contributed by atoms with Gasteiger partial charge in [0, 0.05) is 31.1 Å². The molecule has 21 heavy (non-hydrogen) atoms. The summed E-state index contributed by atoms with van der Waals surface area (Å²) in [5, 5.41) is 19.3. The monoisotopic (exact) mass is 292 g/mol. The van der Waals surface area contributed by atoms with E-state index in [2.05, 4.69) is 16.0 Å². The van der Waals surface area contributed by atoms with Gasteiger partial charge in [-0.15, -0.1) is 0 Å². The molecule has 2 rings (SSSR count). The van der Waals surface area contributed by atoms with Crippen molar-refractivity contribution in [3.05, 3.63) is 33.9 Å². The van der Waals surface area contributed by atoms with Crippen molar-refractivity contribution < 1.29 is 14.5 Å². The van der Waals surface area contributed by atoms with Crippen molar-refractivity contribution in [2.75, 3.05) is 18.4 Å². The van der Waals surface area contributed by atoms with Crippen LogP contribution in [0.25, 0.3) is 0 Å². The molecular formula is C13H16N4O4. The summed E-state index contributed by atoms with van der Waals surface area (Å²) in [5.74, 6) is -0.397. The van der Waals surface area contributed by atoms with E-state index in [4.69, 9.17) is 0 Å². The van der Waals surface area contributed by atoms with Crippen LogP contribution in [0.15, 0.2) is 18.2 Å². The molecule has 112 valence electrons. The van der Waals surface area contributed by atoms with Gasteiger partial charge in [-0.1, -0.05) is 0 Å². The topological polar surface area (TPSA) is 113 Å². The molecule has 1 atom stereocenters. The quantitative estimate of drug-likeness (QED) is 0.544. The number of nitrogens with one attached hydrogen (secondary N) is 3. The zero-order valence-electron chi connectivity index (χ0n) is 11.5. The second-order valence-electron chi connectivity index (χ2n) is 4.70. The Morgan fingerprint density at radius 2 is 2.29 bits per heavy atom. The number of nitro groups is 1. The summed E-state index contributed by atoms with van der Waals surface area (Å²) in [6.45, 7) is 2.67. The van der Waals surface area contributed by atoms with Crippen LogP contribution in [0.2, 0.25) is 0 Å². The zero-order valence-corrected chi connectivity index (χ0v) is 11.5. The number of rotatable bonds is 5. The number of hydrogen-bond donors (Lipinski definition) is 3. The van der Waals surface area contributed by atoms with Gasteiger partial charge >= 0.3 is 0 Å². The molecule has 0 aliphatic carbocycles. The van der Waals surface area contributed by atoms with Crippen LogP contribution in [0.5, 0.6) is 0 Å². The summed E-state index contributed by atoms with van der Waals surface area (Å²) in [6.07, 6.45) is 0.253. The molecule has 0 bridgehead atoms. The predicted octanol–water partition coefficient (Wildman–Crippen LogP) is 0.645. The third kappa shape index (κ3) is 3.47. The van der Waals surface area contributed by atoms with Gasteiger partial charge in [-0.3, -0.25) is 19.7 Å². The van der Waals surface area contributed by atoms with E-state index in [1.54, 1.807) is 6.92 Å². The maximum atomic E-state index is 11.8. The molecule has 0 spiro atoms. The van der Waals surface area contributed by atoms with Gasteiger partial charge in [0.15, 0.2) is 0 Å². The van der Waals surface area contributed by atoms with E-state index in [0.717, 1.165) is 0 Å². The van der Waals surface area contributed by atoms with Crippen LogP contribution < -0.4 is 16.0 Å². The SMILES string of the molecule is CCNC(=O)c1ccc([N+](=O)[O-])c(NC2CNC(=O)C2)c1. The van der Waals surface area contributed by atoms with E-state index < -0.39 is 4.92 Å². The van der Waals surface area contributed by atoms with Crippen LogP contribution in [-0.2, 0) is 4.79 Å². The lowest BCUT2D eigenvalue weighted by Crippen LogP contribution is -2.24. The normalized spacial score (nSPS) is 17.2. The first-order valence-corrected chi connectivity index (χ1v) is 6.61. The van der Waals surface area contributed by atoms with Gasteiger partial charge in [-0.2, -0.15) is 0 Å². The number of hydrogen-bond acceptors (Lipinski definition) is 5. The second kappa shape index (κ2) is 6.21. The first-order valence-electron chi connectivity index (χ1n) is 6.61. The number of carbonyl (C=O) groups excluding carboxylic acids is 2. The van der Waals surface area contributed by atoms with Gasteiger partial charge in [0.2, 0.25) is 5.91 Å². The molecule has 1 aliphatic heterocycles. The fourth-order valence-electron chi connectivity index (χ4n) is 2.14. The fourth-order valence-corrected chi connectivity index (χ4v) is 2.14. The summed E-state index contributed by atoms with van der Waals surface area (Å²) in [4.78, 5) is 33.5. The lowest BCUT2D eigenvalue weighted by molar-refractivity contribution is -0.384. The minimum absolute atomic E-state index is 0.102. The first-order chi connectivity index (χ1) is 10.0. The average molecular weight is 292 g/mol. The van der Waals surface area contributed by atoms with Crippen LogP contribution in [0.1, 0.15) is 23.7 Å². The van der Waals surface area contributed by atoms with E-state index in [0.29, 0.717) is 18.7 Å². The highest BCUT2D eigenvalue weighted by Gasteiger charge is 2.24. The number of amides is 2. The highest BCUT2D eigenvalue weighted by atomic mass is 16.6. The first kappa shape index (κ1) is 14.8. The van der Waals surface area contributed by atoms with Crippen molar-refractivity contribution in [3.8, 4) is 0 Å². The molecular weight excluding hydrogens is 276 g/mol. The Labute approximate surface area is 121 Å². The molecule has 0 aromatic heterocycles. The average Bonchev–Trinajstić information content (AvgIpc) is 2.84. The molecule has 2 amide bonds. The van der Waals surface area contributed by atoms with Crippen LogP contribution in [-0.4, -0.2) is 35.9 Å². The van der Waals surface area contributed by atoms with E-state index in [1.807, 2.05) is 0 Å². The van der Waals surface area contributed by atoms with Gasteiger partial charge in [0.25, 0.3) is 11.6 Å².